The number of benzene rings is 1. The van der Waals surface area contributed by atoms with E-state index in [-0.39, 0.29) is 0 Å². The number of aryl methyl sites for hydroxylation is 3. The van der Waals surface area contributed by atoms with E-state index in [1.807, 2.05) is 0 Å². The summed E-state index contributed by atoms with van der Waals surface area (Å²) < 4.78 is 2.44. The molecule has 104 valence electrons. The van der Waals surface area contributed by atoms with Crippen molar-refractivity contribution in [2.45, 2.75) is 40.2 Å². The van der Waals surface area contributed by atoms with E-state index >= 15 is 0 Å². The van der Waals surface area contributed by atoms with Crippen LogP contribution in [0.15, 0.2) is 18.2 Å². The van der Waals surface area contributed by atoms with Crippen LogP contribution < -0.4 is 0 Å². The molecule has 0 aliphatic carbocycles. The highest BCUT2D eigenvalue weighted by molar-refractivity contribution is 5.86. The highest BCUT2D eigenvalue weighted by Gasteiger charge is 2.12. The fraction of sp³-hybridized carbons (Fsp3) is 0.529. The molecule has 2 heteroatoms. The summed E-state index contributed by atoms with van der Waals surface area (Å²) in [5.41, 5.74) is 5.74. The Balaban J connectivity index is 2.40. The molecule has 0 radical (unpaired) electrons. The molecule has 0 atom stereocenters. The lowest BCUT2D eigenvalue weighted by atomic mass is 10.0. The molecule has 0 spiro atoms. The predicted octanol–water partition coefficient (Wildman–Crippen LogP) is 3.77. The van der Waals surface area contributed by atoms with E-state index in [9.17, 15) is 0 Å². The Morgan fingerprint density at radius 1 is 1.16 bits per heavy atom. The number of aromatic nitrogens is 1. The standard InChI is InChI=1S/C17H26N2/c1-6-19-14(3)15(8-7-11-18(4)5)16-12-13(2)9-10-17(16)19/h9-10,12H,6-8,11H2,1-5H3. The largest absolute Gasteiger partial charge is 0.345 e. The fourth-order valence-electron chi connectivity index (χ4n) is 2.96. The van der Waals surface area contributed by atoms with Crippen molar-refractivity contribution < 1.29 is 0 Å². The Bertz CT molecular complexity index is 564. The maximum Gasteiger partial charge on any atom is 0.0485 e. The van der Waals surface area contributed by atoms with Crippen LogP contribution in [0.5, 0.6) is 0 Å². The van der Waals surface area contributed by atoms with Crippen molar-refractivity contribution in [3.63, 3.8) is 0 Å². The highest BCUT2D eigenvalue weighted by atomic mass is 15.0. The Kier molecular flexibility index (Phi) is 4.31. The minimum Gasteiger partial charge on any atom is -0.345 e. The van der Waals surface area contributed by atoms with Gasteiger partial charge in [0, 0.05) is 23.1 Å². The lowest BCUT2D eigenvalue weighted by Crippen LogP contribution is -2.13. The van der Waals surface area contributed by atoms with E-state index in [0.717, 1.165) is 13.1 Å². The Morgan fingerprint density at radius 3 is 2.53 bits per heavy atom. The number of fused-ring (bicyclic) bond motifs is 1. The van der Waals surface area contributed by atoms with Crippen LogP contribution in [0.3, 0.4) is 0 Å². The first-order valence-corrected chi connectivity index (χ1v) is 7.27. The molecule has 0 aliphatic rings. The van der Waals surface area contributed by atoms with Crippen LogP contribution >= 0.6 is 0 Å². The number of nitrogens with zero attached hydrogens (tertiary/aromatic N) is 2. The van der Waals surface area contributed by atoms with Gasteiger partial charge in [-0.1, -0.05) is 11.6 Å². The van der Waals surface area contributed by atoms with Crippen LogP contribution in [-0.2, 0) is 13.0 Å². The molecule has 1 aromatic carbocycles. The van der Waals surface area contributed by atoms with Gasteiger partial charge in [-0.2, -0.15) is 0 Å². The van der Waals surface area contributed by atoms with Gasteiger partial charge >= 0.3 is 0 Å². The molecule has 0 saturated heterocycles. The molecule has 19 heavy (non-hydrogen) atoms. The van der Waals surface area contributed by atoms with Crippen molar-refractivity contribution in [3.05, 3.63) is 35.0 Å². The van der Waals surface area contributed by atoms with Crippen molar-refractivity contribution in [2.24, 2.45) is 0 Å². The summed E-state index contributed by atoms with van der Waals surface area (Å²) in [6.07, 6.45) is 2.40. The lowest BCUT2D eigenvalue weighted by Gasteiger charge is -2.09. The zero-order chi connectivity index (χ0) is 14.0. The average Bonchev–Trinajstić information content (AvgIpc) is 2.61. The van der Waals surface area contributed by atoms with E-state index in [0.29, 0.717) is 0 Å². The molecule has 0 unspecified atom stereocenters. The third-order valence-electron chi connectivity index (χ3n) is 3.96. The third-order valence-corrected chi connectivity index (χ3v) is 3.96. The molecule has 1 heterocycles. The topological polar surface area (TPSA) is 8.17 Å². The Labute approximate surface area is 117 Å². The average molecular weight is 258 g/mol. The van der Waals surface area contributed by atoms with Gasteiger partial charge in [0.25, 0.3) is 0 Å². The van der Waals surface area contributed by atoms with Gasteiger partial charge in [-0.15, -0.1) is 0 Å². The van der Waals surface area contributed by atoms with E-state index in [2.05, 4.69) is 62.5 Å². The smallest absolute Gasteiger partial charge is 0.0485 e. The third kappa shape index (κ3) is 2.84. The van der Waals surface area contributed by atoms with E-state index in [4.69, 9.17) is 0 Å². The van der Waals surface area contributed by atoms with Gasteiger partial charge in [0.2, 0.25) is 0 Å². The van der Waals surface area contributed by atoms with Crippen LogP contribution in [-0.4, -0.2) is 30.1 Å². The number of hydrogen-bond acceptors (Lipinski definition) is 1. The van der Waals surface area contributed by atoms with Crippen molar-refractivity contribution in [1.82, 2.24) is 9.47 Å². The van der Waals surface area contributed by atoms with Gasteiger partial charge < -0.3 is 9.47 Å². The van der Waals surface area contributed by atoms with Crippen LogP contribution in [0.25, 0.3) is 10.9 Å². The minimum absolute atomic E-state index is 1.05. The zero-order valence-corrected chi connectivity index (χ0v) is 13.0. The Hall–Kier alpha value is -1.28. The normalized spacial score (nSPS) is 11.7. The fourth-order valence-corrected chi connectivity index (χ4v) is 2.96. The summed E-state index contributed by atoms with van der Waals surface area (Å²) >= 11 is 0. The second-order valence-corrected chi connectivity index (χ2v) is 5.74. The van der Waals surface area contributed by atoms with Crippen LogP contribution in [0.2, 0.25) is 0 Å². The van der Waals surface area contributed by atoms with Crippen LogP contribution in [0.4, 0.5) is 0 Å². The molecule has 0 saturated carbocycles. The molecule has 2 rings (SSSR count). The maximum absolute atomic E-state index is 2.44. The van der Waals surface area contributed by atoms with Crippen molar-refractivity contribution >= 4 is 10.9 Å². The predicted molar refractivity (Wildman–Crippen MR) is 84.0 cm³/mol. The van der Waals surface area contributed by atoms with Crippen molar-refractivity contribution in [1.29, 1.82) is 0 Å². The summed E-state index contributed by atoms with van der Waals surface area (Å²) in [5.74, 6) is 0. The summed E-state index contributed by atoms with van der Waals surface area (Å²) in [5, 5.41) is 1.46. The minimum atomic E-state index is 1.05. The summed E-state index contributed by atoms with van der Waals surface area (Å²) in [4.78, 5) is 2.26. The molecule has 0 amide bonds. The highest BCUT2D eigenvalue weighted by Crippen LogP contribution is 2.28. The second-order valence-electron chi connectivity index (χ2n) is 5.74. The lowest BCUT2D eigenvalue weighted by molar-refractivity contribution is 0.400. The van der Waals surface area contributed by atoms with Crippen LogP contribution in [0.1, 0.15) is 30.2 Å². The summed E-state index contributed by atoms with van der Waals surface area (Å²) in [6.45, 7) is 8.89. The van der Waals surface area contributed by atoms with Gasteiger partial charge in [0.05, 0.1) is 0 Å². The maximum atomic E-state index is 2.44. The summed E-state index contributed by atoms with van der Waals surface area (Å²) in [6, 6.07) is 6.84. The van der Waals surface area contributed by atoms with E-state index in [1.165, 1.54) is 35.0 Å². The molecule has 2 aromatic rings. The van der Waals surface area contributed by atoms with Gasteiger partial charge in [0.15, 0.2) is 0 Å². The molecule has 0 fully saturated rings. The van der Waals surface area contributed by atoms with Gasteiger partial charge in [0.1, 0.15) is 0 Å². The van der Waals surface area contributed by atoms with E-state index < -0.39 is 0 Å². The zero-order valence-electron chi connectivity index (χ0n) is 13.0. The first kappa shape index (κ1) is 14.1. The molecule has 0 bridgehead atoms. The molecule has 1 aromatic heterocycles. The molecule has 0 aliphatic heterocycles. The second kappa shape index (κ2) is 5.79. The monoisotopic (exact) mass is 258 g/mol. The molecular weight excluding hydrogens is 232 g/mol. The van der Waals surface area contributed by atoms with E-state index in [1.54, 1.807) is 5.56 Å². The van der Waals surface area contributed by atoms with Crippen molar-refractivity contribution in [3.8, 4) is 0 Å². The van der Waals surface area contributed by atoms with Crippen LogP contribution in [0, 0.1) is 13.8 Å². The Morgan fingerprint density at radius 2 is 1.89 bits per heavy atom. The summed E-state index contributed by atoms with van der Waals surface area (Å²) in [7, 11) is 4.29. The van der Waals surface area contributed by atoms with Gasteiger partial charge in [-0.3, -0.25) is 0 Å². The molecule has 2 nitrogen and oxygen atoms in total. The quantitative estimate of drug-likeness (QED) is 0.792. The molecular formula is C17H26N2. The number of rotatable bonds is 5. The molecule has 0 N–H and O–H groups in total. The SMILES string of the molecule is CCn1c(C)c(CCCN(C)C)c2cc(C)ccc21. The first-order valence-electron chi connectivity index (χ1n) is 7.27. The van der Waals surface area contributed by atoms with Gasteiger partial charge in [-0.05, 0) is 71.9 Å². The first-order chi connectivity index (χ1) is 9.04. The van der Waals surface area contributed by atoms with Gasteiger partial charge in [-0.25, -0.2) is 0 Å². The number of hydrogen-bond donors (Lipinski definition) is 0. The van der Waals surface area contributed by atoms with Crippen molar-refractivity contribution in [2.75, 3.05) is 20.6 Å².